The highest BCUT2D eigenvalue weighted by Gasteiger charge is 2.18. The van der Waals surface area contributed by atoms with Crippen molar-refractivity contribution in [3.63, 3.8) is 0 Å². The lowest BCUT2D eigenvalue weighted by atomic mass is 10.0. The lowest BCUT2D eigenvalue weighted by molar-refractivity contribution is 0.0938. The fraction of sp³-hybridized carbons (Fsp3) is 0.611. The normalized spacial score (nSPS) is 16.2. The van der Waals surface area contributed by atoms with Gasteiger partial charge in [-0.05, 0) is 37.3 Å². The molecular weight excluding hydrogens is 246 g/mol. The van der Waals surface area contributed by atoms with E-state index in [0.717, 1.165) is 18.0 Å². The van der Waals surface area contributed by atoms with Crippen LogP contribution < -0.4 is 0 Å². The molecular formula is C18H27NO. The molecule has 1 aromatic rings. The molecule has 0 heterocycles. The van der Waals surface area contributed by atoms with Crippen LogP contribution in [0.1, 0.15) is 61.4 Å². The molecule has 2 heteroatoms. The van der Waals surface area contributed by atoms with Gasteiger partial charge in [0, 0.05) is 12.1 Å². The summed E-state index contributed by atoms with van der Waals surface area (Å²) in [5.41, 5.74) is 2.13. The molecule has 2 nitrogen and oxygen atoms in total. The van der Waals surface area contributed by atoms with Crippen molar-refractivity contribution in [2.45, 2.75) is 45.4 Å². The summed E-state index contributed by atoms with van der Waals surface area (Å²) < 4.78 is 0. The number of carbonyl (C=O) groups excluding carboxylic acids is 1. The van der Waals surface area contributed by atoms with E-state index >= 15 is 0 Å². The summed E-state index contributed by atoms with van der Waals surface area (Å²) in [6.07, 6.45) is 5.40. The van der Waals surface area contributed by atoms with Gasteiger partial charge in [0.2, 0.25) is 0 Å². The van der Waals surface area contributed by atoms with Crippen LogP contribution in [0.4, 0.5) is 0 Å². The molecule has 0 N–H and O–H groups in total. The van der Waals surface area contributed by atoms with E-state index in [-0.39, 0.29) is 5.78 Å². The predicted octanol–water partition coefficient (Wildman–Crippen LogP) is 4.11. The third-order valence-electron chi connectivity index (χ3n) is 4.36. The number of ketones is 1. The maximum Gasteiger partial charge on any atom is 0.176 e. The van der Waals surface area contributed by atoms with Crippen LogP contribution in [0.25, 0.3) is 0 Å². The Bertz CT molecular complexity index is 429. The van der Waals surface area contributed by atoms with Gasteiger partial charge in [-0.3, -0.25) is 9.69 Å². The molecule has 1 saturated carbocycles. The molecule has 0 spiro atoms. The number of carbonyl (C=O) groups is 1. The van der Waals surface area contributed by atoms with Crippen LogP contribution >= 0.6 is 0 Å². The zero-order valence-corrected chi connectivity index (χ0v) is 13.1. The van der Waals surface area contributed by atoms with E-state index in [4.69, 9.17) is 0 Å². The lowest BCUT2D eigenvalue weighted by Crippen LogP contribution is -2.30. The minimum atomic E-state index is 0.237. The topological polar surface area (TPSA) is 20.3 Å². The van der Waals surface area contributed by atoms with Crippen molar-refractivity contribution < 1.29 is 4.79 Å². The number of rotatable bonds is 6. The SMILES string of the molecule is CC(C)c1ccc(C(=O)CN(C)CC2CCCC2)cc1. The van der Waals surface area contributed by atoms with Gasteiger partial charge in [-0.2, -0.15) is 0 Å². The first-order chi connectivity index (χ1) is 9.56. The highest BCUT2D eigenvalue weighted by atomic mass is 16.1. The quantitative estimate of drug-likeness (QED) is 0.727. The Morgan fingerprint density at radius 2 is 1.80 bits per heavy atom. The van der Waals surface area contributed by atoms with E-state index in [9.17, 15) is 4.79 Å². The number of hydrogen-bond donors (Lipinski definition) is 0. The van der Waals surface area contributed by atoms with Gasteiger partial charge in [-0.15, -0.1) is 0 Å². The van der Waals surface area contributed by atoms with E-state index in [0.29, 0.717) is 12.5 Å². The molecule has 0 bridgehead atoms. The Kier molecular flexibility index (Phi) is 5.36. The van der Waals surface area contributed by atoms with Crippen molar-refractivity contribution in [2.75, 3.05) is 20.1 Å². The minimum absolute atomic E-state index is 0.237. The first-order valence-corrected chi connectivity index (χ1v) is 7.88. The van der Waals surface area contributed by atoms with Crippen LogP contribution in [0.5, 0.6) is 0 Å². The Hall–Kier alpha value is -1.15. The monoisotopic (exact) mass is 273 g/mol. The van der Waals surface area contributed by atoms with Gasteiger partial charge in [-0.1, -0.05) is 51.0 Å². The van der Waals surface area contributed by atoms with Gasteiger partial charge >= 0.3 is 0 Å². The van der Waals surface area contributed by atoms with Gasteiger partial charge in [0.1, 0.15) is 0 Å². The molecule has 0 radical (unpaired) electrons. The lowest BCUT2D eigenvalue weighted by Gasteiger charge is -2.20. The van der Waals surface area contributed by atoms with Gasteiger partial charge < -0.3 is 0 Å². The smallest absolute Gasteiger partial charge is 0.176 e. The van der Waals surface area contributed by atoms with Gasteiger partial charge in [0.25, 0.3) is 0 Å². The Morgan fingerprint density at radius 1 is 1.20 bits per heavy atom. The van der Waals surface area contributed by atoms with E-state index in [1.807, 2.05) is 12.1 Å². The molecule has 110 valence electrons. The molecule has 1 fully saturated rings. The Labute approximate surface area is 123 Å². The maximum absolute atomic E-state index is 12.3. The first-order valence-electron chi connectivity index (χ1n) is 7.88. The molecule has 1 aliphatic carbocycles. The van der Waals surface area contributed by atoms with Crippen molar-refractivity contribution in [2.24, 2.45) is 5.92 Å². The number of Topliss-reactive ketones (excluding diaryl/α,β-unsaturated/α-hetero) is 1. The molecule has 1 aliphatic rings. The van der Waals surface area contributed by atoms with Crippen LogP contribution in [-0.2, 0) is 0 Å². The summed E-state index contributed by atoms with van der Waals surface area (Å²) in [4.78, 5) is 14.5. The second-order valence-electron chi connectivity index (χ2n) is 6.55. The number of benzene rings is 1. The van der Waals surface area contributed by atoms with Crippen LogP contribution in [0, 0.1) is 5.92 Å². The van der Waals surface area contributed by atoms with E-state index < -0.39 is 0 Å². The van der Waals surface area contributed by atoms with Gasteiger partial charge in [0.15, 0.2) is 5.78 Å². The first kappa shape index (κ1) is 15.2. The summed E-state index contributed by atoms with van der Waals surface area (Å²) >= 11 is 0. The van der Waals surface area contributed by atoms with Crippen molar-refractivity contribution >= 4 is 5.78 Å². The molecule has 2 rings (SSSR count). The summed E-state index contributed by atoms with van der Waals surface area (Å²) in [6.45, 7) is 5.95. The highest BCUT2D eigenvalue weighted by Crippen LogP contribution is 2.25. The van der Waals surface area contributed by atoms with Crippen molar-refractivity contribution in [3.05, 3.63) is 35.4 Å². The summed E-state index contributed by atoms with van der Waals surface area (Å²) in [5, 5.41) is 0. The molecule has 0 atom stereocenters. The number of likely N-dealkylation sites (N-methyl/N-ethyl adjacent to an activating group) is 1. The number of nitrogens with zero attached hydrogens (tertiary/aromatic N) is 1. The third kappa shape index (κ3) is 4.17. The second kappa shape index (κ2) is 7.03. The average Bonchev–Trinajstić information content (AvgIpc) is 2.91. The van der Waals surface area contributed by atoms with Crippen LogP contribution in [0.2, 0.25) is 0 Å². The predicted molar refractivity (Wildman–Crippen MR) is 84.3 cm³/mol. The van der Waals surface area contributed by atoms with Crippen molar-refractivity contribution in [1.82, 2.24) is 4.90 Å². The summed E-state index contributed by atoms with van der Waals surface area (Å²) in [7, 11) is 2.07. The molecule has 0 aromatic heterocycles. The second-order valence-corrected chi connectivity index (χ2v) is 6.55. The molecule has 0 aliphatic heterocycles. The van der Waals surface area contributed by atoms with Crippen LogP contribution in [-0.4, -0.2) is 30.8 Å². The van der Waals surface area contributed by atoms with Crippen LogP contribution in [0.15, 0.2) is 24.3 Å². The Balaban J connectivity index is 1.86. The van der Waals surface area contributed by atoms with E-state index in [1.54, 1.807) is 0 Å². The average molecular weight is 273 g/mol. The Morgan fingerprint density at radius 3 is 2.35 bits per heavy atom. The zero-order valence-electron chi connectivity index (χ0n) is 13.1. The number of hydrogen-bond acceptors (Lipinski definition) is 2. The molecule has 20 heavy (non-hydrogen) atoms. The maximum atomic E-state index is 12.3. The molecule has 0 amide bonds. The highest BCUT2D eigenvalue weighted by molar-refractivity contribution is 5.97. The largest absolute Gasteiger partial charge is 0.299 e. The van der Waals surface area contributed by atoms with Crippen molar-refractivity contribution in [3.8, 4) is 0 Å². The van der Waals surface area contributed by atoms with Crippen molar-refractivity contribution in [1.29, 1.82) is 0 Å². The van der Waals surface area contributed by atoms with E-state index in [1.165, 1.54) is 31.2 Å². The fourth-order valence-electron chi connectivity index (χ4n) is 3.09. The zero-order chi connectivity index (χ0) is 14.5. The summed E-state index contributed by atoms with van der Waals surface area (Å²) in [5.74, 6) is 1.56. The third-order valence-corrected chi connectivity index (χ3v) is 4.36. The summed E-state index contributed by atoms with van der Waals surface area (Å²) in [6, 6.07) is 8.10. The van der Waals surface area contributed by atoms with Gasteiger partial charge in [-0.25, -0.2) is 0 Å². The van der Waals surface area contributed by atoms with Gasteiger partial charge in [0.05, 0.1) is 6.54 Å². The minimum Gasteiger partial charge on any atom is -0.299 e. The molecule has 0 saturated heterocycles. The van der Waals surface area contributed by atoms with E-state index in [2.05, 4.69) is 37.9 Å². The molecule has 0 unspecified atom stereocenters. The van der Waals surface area contributed by atoms with Crippen LogP contribution in [0.3, 0.4) is 0 Å². The molecule has 1 aromatic carbocycles. The standard InChI is InChI=1S/C18H27NO/c1-14(2)16-8-10-17(11-9-16)18(20)13-19(3)12-15-6-4-5-7-15/h8-11,14-15H,4-7,12-13H2,1-3H3. The fourth-order valence-corrected chi connectivity index (χ4v) is 3.09.